The first-order valence-electron chi connectivity index (χ1n) is 3.90. The van der Waals surface area contributed by atoms with Crippen LogP contribution in [-0.4, -0.2) is 38.0 Å². The van der Waals surface area contributed by atoms with Crippen molar-refractivity contribution in [3.63, 3.8) is 0 Å². The number of nitrogens with zero attached hydrogens (tertiary/aromatic N) is 2. The lowest BCUT2D eigenvalue weighted by atomic mass is 10.0. The minimum atomic E-state index is -0.173. The van der Waals surface area contributed by atoms with Gasteiger partial charge in [-0.2, -0.15) is 0 Å². The van der Waals surface area contributed by atoms with Crippen molar-refractivity contribution >= 4 is 19.3 Å². The number of hydroxylamine groups is 2. The lowest BCUT2D eigenvalue weighted by molar-refractivity contribution is -0.0756. The van der Waals surface area contributed by atoms with Crippen LogP contribution in [0.4, 0.5) is 0 Å². The van der Waals surface area contributed by atoms with Gasteiger partial charge in [0.15, 0.2) is 7.85 Å². The van der Waals surface area contributed by atoms with E-state index in [9.17, 15) is 4.79 Å². The third kappa shape index (κ3) is 2.29. The van der Waals surface area contributed by atoms with Crippen molar-refractivity contribution in [1.29, 1.82) is 0 Å². The van der Waals surface area contributed by atoms with Gasteiger partial charge in [0, 0.05) is 18.8 Å². The predicted molar refractivity (Wildman–Crippen MR) is 51.5 cm³/mol. The van der Waals surface area contributed by atoms with E-state index in [1.807, 2.05) is 7.85 Å². The highest BCUT2D eigenvalue weighted by Gasteiger charge is 2.10. The number of rotatable bonds is 2. The van der Waals surface area contributed by atoms with Gasteiger partial charge >= 0.3 is 0 Å². The maximum atomic E-state index is 11.5. The van der Waals surface area contributed by atoms with E-state index in [1.54, 1.807) is 25.4 Å². The topological polar surface area (TPSA) is 42.4 Å². The van der Waals surface area contributed by atoms with Gasteiger partial charge in [0.05, 0.1) is 7.11 Å². The second-order valence-corrected chi connectivity index (χ2v) is 2.67. The van der Waals surface area contributed by atoms with Gasteiger partial charge in [0.25, 0.3) is 5.91 Å². The van der Waals surface area contributed by atoms with Crippen LogP contribution in [0.3, 0.4) is 0 Å². The van der Waals surface area contributed by atoms with Crippen LogP contribution in [0.2, 0.25) is 0 Å². The van der Waals surface area contributed by atoms with E-state index >= 15 is 0 Å². The first kappa shape index (κ1) is 9.73. The summed E-state index contributed by atoms with van der Waals surface area (Å²) >= 11 is 0. The standard InChI is InChI=1S/C8H11BN2O2/c1-11(13-2)8(12)6-3-4-10-7(9)5-6/h3-5H,9H2,1-2H3. The van der Waals surface area contributed by atoms with E-state index in [-0.39, 0.29) is 5.91 Å². The second-order valence-electron chi connectivity index (χ2n) is 2.67. The Morgan fingerprint density at radius 1 is 1.69 bits per heavy atom. The van der Waals surface area contributed by atoms with Gasteiger partial charge in [-0.3, -0.25) is 14.6 Å². The Bertz CT molecular complexity index is 317. The summed E-state index contributed by atoms with van der Waals surface area (Å²) in [4.78, 5) is 20.3. The molecule has 4 nitrogen and oxygen atoms in total. The quantitative estimate of drug-likeness (QED) is 0.429. The fourth-order valence-electron chi connectivity index (χ4n) is 0.943. The number of carbonyl (C=O) groups is 1. The Hall–Kier alpha value is -1.36. The zero-order chi connectivity index (χ0) is 9.84. The lowest BCUT2D eigenvalue weighted by Gasteiger charge is -2.13. The molecular formula is C8H11BN2O2. The normalized spacial score (nSPS) is 9.69. The monoisotopic (exact) mass is 178 g/mol. The van der Waals surface area contributed by atoms with Crippen molar-refractivity contribution in [3.8, 4) is 0 Å². The molecule has 1 aromatic rings. The SMILES string of the molecule is Bc1cc(C(=O)N(C)OC)ccn1. The van der Waals surface area contributed by atoms with Crippen molar-refractivity contribution in [1.82, 2.24) is 10.0 Å². The van der Waals surface area contributed by atoms with Crippen LogP contribution in [0.1, 0.15) is 10.4 Å². The minimum Gasteiger partial charge on any atom is -0.274 e. The molecule has 0 spiro atoms. The van der Waals surface area contributed by atoms with Crippen molar-refractivity contribution < 1.29 is 9.63 Å². The van der Waals surface area contributed by atoms with E-state index in [4.69, 9.17) is 4.84 Å². The molecule has 1 rings (SSSR count). The van der Waals surface area contributed by atoms with E-state index in [0.717, 1.165) is 5.59 Å². The van der Waals surface area contributed by atoms with Crippen molar-refractivity contribution in [2.24, 2.45) is 0 Å². The summed E-state index contributed by atoms with van der Waals surface area (Å²) in [6.45, 7) is 0. The van der Waals surface area contributed by atoms with E-state index in [1.165, 1.54) is 12.2 Å². The van der Waals surface area contributed by atoms with Crippen molar-refractivity contribution in [3.05, 3.63) is 23.9 Å². The molecule has 0 N–H and O–H groups in total. The molecule has 0 fully saturated rings. The molecular weight excluding hydrogens is 167 g/mol. The molecule has 68 valence electrons. The average molecular weight is 178 g/mol. The molecule has 0 saturated heterocycles. The summed E-state index contributed by atoms with van der Waals surface area (Å²) in [5, 5.41) is 1.18. The second kappa shape index (κ2) is 4.05. The van der Waals surface area contributed by atoms with Crippen LogP contribution in [0.5, 0.6) is 0 Å². The van der Waals surface area contributed by atoms with E-state index in [2.05, 4.69) is 4.98 Å². The molecule has 0 aliphatic heterocycles. The summed E-state index contributed by atoms with van der Waals surface area (Å²) in [6, 6.07) is 3.38. The van der Waals surface area contributed by atoms with Gasteiger partial charge in [-0.1, -0.05) is 0 Å². The summed E-state index contributed by atoms with van der Waals surface area (Å²) in [7, 11) is 4.85. The molecule has 0 bridgehead atoms. The number of amides is 1. The van der Waals surface area contributed by atoms with Crippen LogP contribution >= 0.6 is 0 Å². The molecule has 1 aromatic heterocycles. The highest BCUT2D eigenvalue weighted by Crippen LogP contribution is 1.99. The van der Waals surface area contributed by atoms with E-state index in [0.29, 0.717) is 5.56 Å². The molecule has 0 saturated carbocycles. The van der Waals surface area contributed by atoms with Crippen LogP contribution in [0.15, 0.2) is 18.3 Å². The molecule has 1 amide bonds. The number of hydrogen-bond donors (Lipinski definition) is 0. The van der Waals surface area contributed by atoms with Crippen molar-refractivity contribution in [2.45, 2.75) is 0 Å². The smallest absolute Gasteiger partial charge is 0.274 e. The molecule has 5 heteroatoms. The van der Waals surface area contributed by atoms with Gasteiger partial charge in [-0.15, -0.1) is 0 Å². The van der Waals surface area contributed by atoms with Gasteiger partial charge < -0.3 is 0 Å². The highest BCUT2D eigenvalue weighted by molar-refractivity contribution is 6.31. The molecule has 0 radical (unpaired) electrons. The van der Waals surface area contributed by atoms with Crippen LogP contribution < -0.4 is 5.59 Å². The van der Waals surface area contributed by atoms with Crippen LogP contribution in [-0.2, 0) is 4.84 Å². The maximum absolute atomic E-state index is 11.5. The fraction of sp³-hybridized carbons (Fsp3) is 0.250. The molecule has 0 aliphatic rings. The van der Waals surface area contributed by atoms with Gasteiger partial charge in [-0.05, 0) is 17.7 Å². The van der Waals surface area contributed by atoms with E-state index < -0.39 is 0 Å². The van der Waals surface area contributed by atoms with Gasteiger partial charge in [-0.25, -0.2) is 5.06 Å². The Morgan fingerprint density at radius 3 is 2.92 bits per heavy atom. The predicted octanol–water partition coefficient (Wildman–Crippen LogP) is -1.03. The zero-order valence-electron chi connectivity index (χ0n) is 7.94. The first-order valence-corrected chi connectivity index (χ1v) is 3.90. The molecule has 0 unspecified atom stereocenters. The number of pyridine rings is 1. The van der Waals surface area contributed by atoms with Crippen LogP contribution in [0, 0.1) is 0 Å². The largest absolute Gasteiger partial charge is 0.277 e. The number of hydrogen-bond acceptors (Lipinski definition) is 3. The molecule has 0 aliphatic carbocycles. The average Bonchev–Trinajstić information content (AvgIpc) is 2.15. The Morgan fingerprint density at radius 2 is 2.38 bits per heavy atom. The number of aromatic nitrogens is 1. The van der Waals surface area contributed by atoms with Crippen LogP contribution in [0.25, 0.3) is 0 Å². The third-order valence-corrected chi connectivity index (χ3v) is 1.70. The number of carbonyl (C=O) groups excluding carboxylic acids is 1. The highest BCUT2D eigenvalue weighted by atomic mass is 16.7. The van der Waals surface area contributed by atoms with Gasteiger partial charge in [0.1, 0.15) is 0 Å². The summed E-state index contributed by atoms with van der Waals surface area (Å²) < 4.78 is 0. The zero-order valence-corrected chi connectivity index (χ0v) is 7.94. The molecule has 0 aromatic carbocycles. The minimum absolute atomic E-state index is 0.173. The molecule has 13 heavy (non-hydrogen) atoms. The van der Waals surface area contributed by atoms with Crippen molar-refractivity contribution in [2.75, 3.05) is 14.2 Å². The fourth-order valence-corrected chi connectivity index (χ4v) is 0.943. The van der Waals surface area contributed by atoms with Gasteiger partial charge in [0.2, 0.25) is 0 Å². The molecule has 0 atom stereocenters. The third-order valence-electron chi connectivity index (χ3n) is 1.70. The Kier molecular flexibility index (Phi) is 3.03. The molecule has 1 heterocycles. The first-order chi connectivity index (χ1) is 6.15. The summed E-state index contributed by atoms with van der Waals surface area (Å²) in [5.41, 5.74) is 1.40. The summed E-state index contributed by atoms with van der Waals surface area (Å²) in [5.74, 6) is -0.173. The maximum Gasteiger partial charge on any atom is 0.277 e. The Labute approximate surface area is 77.9 Å². The lowest BCUT2D eigenvalue weighted by Crippen LogP contribution is -2.26. The summed E-state index contributed by atoms with van der Waals surface area (Å²) in [6.07, 6.45) is 1.60. The Balaban J connectivity index is 2.89.